The zero-order chi connectivity index (χ0) is 2.00. The summed E-state index contributed by atoms with van der Waals surface area (Å²) in [4.78, 5) is 0. The van der Waals surface area contributed by atoms with Gasteiger partial charge in [0.25, 0.3) is 0 Å². The van der Waals surface area contributed by atoms with Crippen LogP contribution in [0, 0.1) is 0 Å². The van der Waals surface area contributed by atoms with Crippen LogP contribution in [0.15, 0.2) is 0 Å². The molecule has 23 valence electrons. The van der Waals surface area contributed by atoms with E-state index in [9.17, 15) is 0 Å². The van der Waals surface area contributed by atoms with E-state index in [2.05, 4.69) is 0 Å². The Bertz CT molecular complexity index is 8.00. The largest absolute Gasteiger partial charge is 0 e. The SMILES string of the molecule is [Mn].[O]=[Ta].[V]. The third-order valence-electron chi connectivity index (χ3n) is 0. The molecule has 0 unspecified atom stereocenters. The molecule has 0 saturated carbocycles. The molecule has 0 aromatic rings. The maximum atomic E-state index is 8.36. The quantitative estimate of drug-likeness (QED) is 0.570. The van der Waals surface area contributed by atoms with Crippen molar-refractivity contribution < 1.29 is 59.9 Å². The second-order valence-electron chi connectivity index (χ2n) is 0. The molecule has 0 atom stereocenters. The summed E-state index contributed by atoms with van der Waals surface area (Å²) in [6.07, 6.45) is 0. The Hall–Kier alpha value is 1.64. The third kappa shape index (κ3) is 9.43. The molecule has 0 aliphatic heterocycles. The molecule has 0 heterocycles. The zero-order valence-corrected chi connectivity index (χ0v) is 7.47. The molecule has 0 amide bonds. The van der Waals surface area contributed by atoms with E-state index in [1.165, 1.54) is 0 Å². The van der Waals surface area contributed by atoms with Crippen LogP contribution in [-0.4, -0.2) is 0 Å². The van der Waals surface area contributed by atoms with E-state index in [1.54, 1.807) is 0 Å². The minimum Gasteiger partial charge on any atom is 0 e. The maximum Gasteiger partial charge on any atom is 0 e. The Morgan fingerprint density at radius 3 is 1.25 bits per heavy atom. The molecule has 0 aliphatic carbocycles. The minimum atomic E-state index is 0. The van der Waals surface area contributed by atoms with Crippen LogP contribution in [-0.2, 0) is 59.9 Å². The summed E-state index contributed by atoms with van der Waals surface area (Å²) in [6, 6.07) is 0. The summed E-state index contributed by atoms with van der Waals surface area (Å²) >= 11 is 0.194. The molecule has 0 spiro atoms. The normalized spacial score (nSPS) is 0.750. The van der Waals surface area contributed by atoms with Crippen molar-refractivity contribution in [2.45, 2.75) is 0 Å². The molecule has 0 rings (SSSR count). The number of hydrogen-bond acceptors (Lipinski definition) is 1. The van der Waals surface area contributed by atoms with Crippen LogP contribution in [0.25, 0.3) is 0 Å². The van der Waals surface area contributed by atoms with Crippen molar-refractivity contribution in [1.29, 1.82) is 0 Å². The van der Waals surface area contributed by atoms with Gasteiger partial charge in [-0.2, -0.15) is 0 Å². The first kappa shape index (κ1) is 17.4. The molecule has 0 aromatic carbocycles. The minimum absolute atomic E-state index is 0. The van der Waals surface area contributed by atoms with Crippen molar-refractivity contribution >= 4 is 0 Å². The second kappa shape index (κ2) is 22.8. The van der Waals surface area contributed by atoms with E-state index in [-0.39, 0.29) is 56.7 Å². The van der Waals surface area contributed by atoms with E-state index >= 15 is 0 Å². The molecule has 0 saturated heterocycles. The molecule has 4 heteroatoms. The van der Waals surface area contributed by atoms with Gasteiger partial charge in [-0.1, -0.05) is 0 Å². The topological polar surface area (TPSA) is 17.1 Å². The van der Waals surface area contributed by atoms with Crippen LogP contribution >= 0.6 is 0 Å². The molecule has 0 N–H and O–H groups in total. The molecular weight excluding hydrogens is 303 g/mol. The summed E-state index contributed by atoms with van der Waals surface area (Å²) in [7, 11) is 0. The van der Waals surface area contributed by atoms with Crippen molar-refractivity contribution in [2.24, 2.45) is 0 Å². The third-order valence-corrected chi connectivity index (χ3v) is 0. The molecule has 0 aliphatic rings. The first-order valence-corrected chi connectivity index (χ1v) is 1.49. The van der Waals surface area contributed by atoms with Crippen LogP contribution in [0.2, 0.25) is 0 Å². The summed E-state index contributed by atoms with van der Waals surface area (Å²) in [5.74, 6) is 0. The Balaban J connectivity index is -0.00000000500. The molecule has 2 radical (unpaired) electrons. The van der Waals surface area contributed by atoms with Crippen LogP contribution in [0.5, 0.6) is 0 Å². The smallest absolute Gasteiger partial charge is 0 e. The van der Waals surface area contributed by atoms with Crippen molar-refractivity contribution in [2.75, 3.05) is 0 Å². The van der Waals surface area contributed by atoms with Gasteiger partial charge in [-0.15, -0.1) is 0 Å². The van der Waals surface area contributed by atoms with Crippen LogP contribution in [0.3, 0.4) is 0 Å². The van der Waals surface area contributed by atoms with Gasteiger partial charge in [0.1, 0.15) is 0 Å². The van der Waals surface area contributed by atoms with Crippen molar-refractivity contribution in [3.05, 3.63) is 0 Å². The molecule has 1 nitrogen and oxygen atoms in total. The molecule has 0 aromatic heterocycles. The fraction of sp³-hybridized carbons (Fsp3) is 0. The first-order chi connectivity index (χ1) is 1.00. The monoisotopic (exact) mass is 303 g/mol. The summed E-state index contributed by atoms with van der Waals surface area (Å²) < 4.78 is 8.36. The predicted octanol–water partition coefficient (Wildman–Crippen LogP) is -0.126. The van der Waals surface area contributed by atoms with Gasteiger partial charge in [0.15, 0.2) is 0 Å². The van der Waals surface area contributed by atoms with Crippen LogP contribution in [0.4, 0.5) is 0 Å². The second-order valence-corrected chi connectivity index (χ2v) is 0. The summed E-state index contributed by atoms with van der Waals surface area (Å²) in [6.45, 7) is 0. The van der Waals surface area contributed by atoms with Gasteiger partial charge < -0.3 is 0 Å². The van der Waals surface area contributed by atoms with Gasteiger partial charge in [-0.3, -0.25) is 0 Å². The molecular formula is MnOTaV. The van der Waals surface area contributed by atoms with Gasteiger partial charge in [-0.25, -0.2) is 0 Å². The van der Waals surface area contributed by atoms with E-state index < -0.39 is 0 Å². The van der Waals surface area contributed by atoms with E-state index in [0.29, 0.717) is 0 Å². The fourth-order valence-electron chi connectivity index (χ4n) is 0. The van der Waals surface area contributed by atoms with Gasteiger partial charge in [-0.05, 0) is 0 Å². The predicted molar refractivity (Wildman–Crippen MR) is 0.686 cm³/mol. The number of hydrogen-bond donors (Lipinski definition) is 0. The zero-order valence-electron chi connectivity index (χ0n) is 1.68. The molecule has 4 heavy (non-hydrogen) atoms. The van der Waals surface area contributed by atoms with E-state index in [1.807, 2.05) is 0 Å². The van der Waals surface area contributed by atoms with Gasteiger partial charge in [0, 0.05) is 35.6 Å². The first-order valence-electron chi connectivity index (χ1n) is 0.183. The molecule has 0 bridgehead atoms. The average Bonchev–Trinajstić information content (AvgIpc) is 1.00. The Kier molecular flexibility index (Phi) is 99.3. The summed E-state index contributed by atoms with van der Waals surface area (Å²) in [5.41, 5.74) is 0. The van der Waals surface area contributed by atoms with Crippen molar-refractivity contribution in [1.82, 2.24) is 0 Å². The summed E-state index contributed by atoms with van der Waals surface area (Å²) in [5, 5.41) is 0. The standard InChI is InChI=1S/Mn.O.Ta.V. The van der Waals surface area contributed by atoms with E-state index in [4.69, 9.17) is 3.25 Å². The van der Waals surface area contributed by atoms with Crippen molar-refractivity contribution in [3.63, 3.8) is 0 Å². The van der Waals surface area contributed by atoms with Crippen LogP contribution in [0.1, 0.15) is 0 Å². The van der Waals surface area contributed by atoms with Gasteiger partial charge in [0.2, 0.25) is 0 Å². The van der Waals surface area contributed by atoms with Gasteiger partial charge >= 0.3 is 24.3 Å². The Labute approximate surface area is 59.5 Å². The van der Waals surface area contributed by atoms with Gasteiger partial charge in [0.05, 0.1) is 0 Å². The number of rotatable bonds is 0. The Morgan fingerprint density at radius 2 is 1.25 bits per heavy atom. The van der Waals surface area contributed by atoms with Crippen LogP contribution < -0.4 is 0 Å². The van der Waals surface area contributed by atoms with Crippen molar-refractivity contribution in [3.8, 4) is 0 Å². The molecule has 0 fully saturated rings. The van der Waals surface area contributed by atoms with E-state index in [0.717, 1.165) is 0 Å². The Morgan fingerprint density at radius 1 is 1.25 bits per heavy atom. The maximum absolute atomic E-state index is 8.36. The fourth-order valence-corrected chi connectivity index (χ4v) is 0. The average molecular weight is 303 g/mol.